The highest BCUT2D eigenvalue weighted by atomic mass is 32.1. The number of nitrogens with zero attached hydrogens (tertiary/aromatic N) is 1. The first-order valence-electron chi connectivity index (χ1n) is 8.27. The van der Waals surface area contributed by atoms with E-state index in [-0.39, 0.29) is 11.8 Å². The minimum absolute atomic E-state index is 0.0132. The number of hydrogen-bond donors (Lipinski definition) is 2. The zero-order chi connectivity index (χ0) is 18.9. The molecule has 2 amide bonds. The zero-order valence-electron chi connectivity index (χ0n) is 15.0. The Hall–Kier alpha value is -2.51. The van der Waals surface area contributed by atoms with Crippen LogP contribution in [0, 0.1) is 0 Å². The molecule has 26 heavy (non-hydrogen) atoms. The Bertz CT molecular complexity index is 769. The van der Waals surface area contributed by atoms with Crippen molar-refractivity contribution in [2.24, 2.45) is 0 Å². The summed E-state index contributed by atoms with van der Waals surface area (Å²) >= 11 is 1.41. The number of methoxy groups -OCH3 is 1. The second-order valence-corrected chi connectivity index (χ2v) is 6.70. The molecule has 1 heterocycles. The monoisotopic (exact) mass is 373 g/mol. The summed E-state index contributed by atoms with van der Waals surface area (Å²) in [4.78, 5) is 28.0. The third kappa shape index (κ3) is 6.09. The molecule has 0 saturated carbocycles. The average Bonchev–Trinajstić information content (AvgIpc) is 3.10. The molecule has 0 atom stereocenters. The molecule has 138 valence electrons. The number of nitrogens with one attached hydrogen (secondary N) is 2. The van der Waals surface area contributed by atoms with Crippen LogP contribution in [0.1, 0.15) is 35.8 Å². The SMILES string of the molecule is C=C(C)NC(=O)c1csc(-c2ccc(CNC(=O)CCCOC)cc2)n1. The Kier molecular flexibility index (Phi) is 7.50. The lowest BCUT2D eigenvalue weighted by molar-refractivity contribution is -0.121. The Morgan fingerprint density at radius 3 is 2.65 bits per heavy atom. The van der Waals surface area contributed by atoms with Gasteiger partial charge in [0.25, 0.3) is 5.91 Å². The number of ether oxygens (including phenoxy) is 1. The lowest BCUT2D eigenvalue weighted by Gasteiger charge is -2.06. The smallest absolute Gasteiger partial charge is 0.274 e. The van der Waals surface area contributed by atoms with Crippen LogP contribution in [0.25, 0.3) is 10.6 Å². The van der Waals surface area contributed by atoms with E-state index in [1.165, 1.54) is 11.3 Å². The van der Waals surface area contributed by atoms with Gasteiger partial charge in [0.15, 0.2) is 0 Å². The van der Waals surface area contributed by atoms with Gasteiger partial charge in [-0.05, 0) is 18.9 Å². The van der Waals surface area contributed by atoms with Crippen LogP contribution in [0.15, 0.2) is 41.9 Å². The van der Waals surface area contributed by atoms with E-state index >= 15 is 0 Å². The molecule has 1 aromatic heterocycles. The van der Waals surface area contributed by atoms with Crippen LogP contribution >= 0.6 is 11.3 Å². The average molecular weight is 373 g/mol. The Balaban J connectivity index is 1.91. The van der Waals surface area contributed by atoms with E-state index in [4.69, 9.17) is 4.74 Å². The van der Waals surface area contributed by atoms with Gasteiger partial charge in [0, 0.05) is 43.3 Å². The van der Waals surface area contributed by atoms with Crippen LogP contribution < -0.4 is 10.6 Å². The minimum atomic E-state index is -0.257. The number of carbonyl (C=O) groups excluding carboxylic acids is 2. The third-order valence-corrected chi connectivity index (χ3v) is 4.40. The summed E-state index contributed by atoms with van der Waals surface area (Å²) in [6.45, 7) is 6.44. The van der Waals surface area contributed by atoms with Gasteiger partial charge in [-0.2, -0.15) is 0 Å². The van der Waals surface area contributed by atoms with E-state index in [1.807, 2.05) is 24.3 Å². The fourth-order valence-corrected chi connectivity index (χ4v) is 3.01. The summed E-state index contributed by atoms with van der Waals surface area (Å²) < 4.78 is 4.93. The van der Waals surface area contributed by atoms with Gasteiger partial charge in [-0.25, -0.2) is 4.98 Å². The maximum atomic E-state index is 11.9. The van der Waals surface area contributed by atoms with Crippen molar-refractivity contribution in [2.75, 3.05) is 13.7 Å². The largest absolute Gasteiger partial charge is 0.385 e. The van der Waals surface area contributed by atoms with Crippen molar-refractivity contribution in [3.63, 3.8) is 0 Å². The molecule has 0 bridgehead atoms. The Labute approximate surface area is 157 Å². The molecule has 0 aliphatic rings. The summed E-state index contributed by atoms with van der Waals surface area (Å²) in [5, 5.41) is 8.02. The summed E-state index contributed by atoms with van der Waals surface area (Å²) in [5.41, 5.74) is 2.89. The number of amides is 2. The molecule has 2 rings (SSSR count). The molecule has 0 saturated heterocycles. The van der Waals surface area contributed by atoms with Gasteiger partial charge < -0.3 is 15.4 Å². The molecule has 2 N–H and O–H groups in total. The molecule has 0 aliphatic carbocycles. The molecule has 0 unspecified atom stereocenters. The van der Waals surface area contributed by atoms with Crippen molar-refractivity contribution in [2.45, 2.75) is 26.3 Å². The van der Waals surface area contributed by atoms with Gasteiger partial charge in [0.2, 0.25) is 5.91 Å². The number of benzene rings is 1. The van der Waals surface area contributed by atoms with Crippen molar-refractivity contribution < 1.29 is 14.3 Å². The van der Waals surface area contributed by atoms with Gasteiger partial charge in [0.05, 0.1) is 0 Å². The van der Waals surface area contributed by atoms with Gasteiger partial charge in [-0.1, -0.05) is 30.8 Å². The van der Waals surface area contributed by atoms with E-state index in [1.54, 1.807) is 19.4 Å². The van der Waals surface area contributed by atoms with E-state index in [2.05, 4.69) is 22.2 Å². The highest BCUT2D eigenvalue weighted by Gasteiger charge is 2.11. The highest BCUT2D eigenvalue weighted by Crippen LogP contribution is 2.24. The normalized spacial score (nSPS) is 10.4. The van der Waals surface area contributed by atoms with E-state index in [9.17, 15) is 9.59 Å². The number of carbonyl (C=O) groups is 2. The summed E-state index contributed by atoms with van der Waals surface area (Å²) in [6, 6.07) is 7.76. The molecule has 6 nitrogen and oxygen atoms in total. The topological polar surface area (TPSA) is 80.3 Å². The van der Waals surface area contributed by atoms with Crippen LogP contribution in [-0.4, -0.2) is 30.5 Å². The van der Waals surface area contributed by atoms with Crippen LogP contribution in [0.4, 0.5) is 0 Å². The first-order valence-corrected chi connectivity index (χ1v) is 9.15. The number of thiazole rings is 1. The molecular formula is C19H23N3O3S. The van der Waals surface area contributed by atoms with Crippen molar-refractivity contribution in [3.05, 3.63) is 53.2 Å². The molecular weight excluding hydrogens is 350 g/mol. The van der Waals surface area contributed by atoms with Crippen LogP contribution in [0.2, 0.25) is 0 Å². The molecule has 2 aromatic rings. The van der Waals surface area contributed by atoms with Crippen LogP contribution in [-0.2, 0) is 16.1 Å². The van der Waals surface area contributed by atoms with Crippen molar-refractivity contribution in [1.29, 1.82) is 0 Å². The molecule has 1 aromatic carbocycles. The standard InChI is InChI=1S/C19H23N3O3S/c1-13(2)21-18(24)16-12-26-19(22-16)15-8-6-14(7-9-15)11-20-17(23)5-4-10-25-3/h6-9,12H,1,4-5,10-11H2,2-3H3,(H,20,23)(H,21,24). The second kappa shape index (κ2) is 9.84. The maximum absolute atomic E-state index is 11.9. The summed E-state index contributed by atoms with van der Waals surface area (Å²) in [6.07, 6.45) is 1.17. The maximum Gasteiger partial charge on any atom is 0.274 e. The highest BCUT2D eigenvalue weighted by molar-refractivity contribution is 7.13. The Morgan fingerprint density at radius 1 is 1.27 bits per heavy atom. The van der Waals surface area contributed by atoms with E-state index in [0.29, 0.717) is 37.4 Å². The first kappa shape index (κ1) is 19.8. The van der Waals surface area contributed by atoms with Gasteiger partial charge in [-0.3, -0.25) is 9.59 Å². The summed E-state index contributed by atoms with van der Waals surface area (Å²) in [7, 11) is 1.62. The second-order valence-electron chi connectivity index (χ2n) is 5.84. The fraction of sp³-hybridized carbons (Fsp3) is 0.316. The molecule has 7 heteroatoms. The quantitative estimate of drug-likeness (QED) is 0.662. The first-order chi connectivity index (χ1) is 12.5. The van der Waals surface area contributed by atoms with Gasteiger partial charge >= 0.3 is 0 Å². The number of allylic oxidation sites excluding steroid dienone is 1. The molecule has 0 aliphatic heterocycles. The van der Waals surface area contributed by atoms with Crippen molar-refractivity contribution in [1.82, 2.24) is 15.6 Å². The lowest BCUT2D eigenvalue weighted by Crippen LogP contribution is -2.22. The molecule has 0 fully saturated rings. The minimum Gasteiger partial charge on any atom is -0.385 e. The van der Waals surface area contributed by atoms with E-state index in [0.717, 1.165) is 16.1 Å². The fourth-order valence-electron chi connectivity index (χ4n) is 2.20. The van der Waals surface area contributed by atoms with Crippen molar-refractivity contribution >= 4 is 23.2 Å². The Morgan fingerprint density at radius 2 is 2.00 bits per heavy atom. The number of hydrogen-bond acceptors (Lipinski definition) is 5. The number of rotatable bonds is 9. The van der Waals surface area contributed by atoms with Gasteiger partial charge in [0.1, 0.15) is 10.7 Å². The number of aromatic nitrogens is 1. The third-order valence-electron chi connectivity index (χ3n) is 3.51. The lowest BCUT2D eigenvalue weighted by atomic mass is 10.1. The summed E-state index contributed by atoms with van der Waals surface area (Å²) in [5.74, 6) is -0.243. The molecule has 0 spiro atoms. The van der Waals surface area contributed by atoms with Crippen LogP contribution in [0.5, 0.6) is 0 Å². The predicted molar refractivity (Wildman–Crippen MR) is 103 cm³/mol. The van der Waals surface area contributed by atoms with Crippen LogP contribution in [0.3, 0.4) is 0 Å². The van der Waals surface area contributed by atoms with Gasteiger partial charge in [-0.15, -0.1) is 11.3 Å². The van der Waals surface area contributed by atoms with Crippen molar-refractivity contribution in [3.8, 4) is 10.6 Å². The molecule has 0 radical (unpaired) electrons. The zero-order valence-corrected chi connectivity index (χ0v) is 15.8. The van der Waals surface area contributed by atoms with E-state index < -0.39 is 0 Å². The predicted octanol–water partition coefficient (Wildman–Crippen LogP) is 3.12.